The minimum absolute atomic E-state index is 0.597. The van der Waals surface area contributed by atoms with Crippen LogP contribution in [0.15, 0.2) is 12.3 Å². The van der Waals surface area contributed by atoms with Crippen molar-refractivity contribution in [1.29, 1.82) is 0 Å². The van der Waals surface area contributed by atoms with Crippen molar-refractivity contribution in [2.24, 2.45) is 18.4 Å². The number of aromatic nitrogens is 2. The first-order chi connectivity index (χ1) is 7.09. The van der Waals surface area contributed by atoms with Crippen LogP contribution in [-0.2, 0) is 13.5 Å². The molecule has 1 heterocycles. The summed E-state index contributed by atoms with van der Waals surface area (Å²) in [5.74, 6) is 0.893. The standard InChI is InChI=1S/C12H21N3/c1-12(2)8-10(12)9-13-6-4-11-5-7-14-15(11)3/h5,7,10,13H,4,6,8-9H2,1-3H3. The Labute approximate surface area is 91.9 Å². The molecule has 1 aromatic heterocycles. The fourth-order valence-electron chi connectivity index (χ4n) is 2.06. The molecular weight excluding hydrogens is 186 g/mol. The van der Waals surface area contributed by atoms with E-state index in [2.05, 4.69) is 30.3 Å². The molecule has 1 aromatic rings. The molecule has 1 aliphatic rings. The Kier molecular flexibility index (Phi) is 2.83. The lowest BCUT2D eigenvalue weighted by Crippen LogP contribution is -2.22. The fraction of sp³-hybridized carbons (Fsp3) is 0.750. The maximum absolute atomic E-state index is 4.15. The first-order valence-corrected chi connectivity index (χ1v) is 5.77. The lowest BCUT2D eigenvalue weighted by molar-refractivity contribution is 0.518. The zero-order valence-electron chi connectivity index (χ0n) is 9.95. The summed E-state index contributed by atoms with van der Waals surface area (Å²) in [6.07, 6.45) is 4.31. The predicted octanol–water partition coefficient (Wildman–Crippen LogP) is 1.60. The van der Waals surface area contributed by atoms with Gasteiger partial charge in [-0.2, -0.15) is 5.10 Å². The number of rotatable bonds is 5. The quantitative estimate of drug-likeness (QED) is 0.743. The van der Waals surface area contributed by atoms with Gasteiger partial charge in [0.2, 0.25) is 0 Å². The van der Waals surface area contributed by atoms with Crippen molar-refractivity contribution >= 4 is 0 Å². The highest BCUT2D eigenvalue weighted by Gasteiger charge is 2.44. The van der Waals surface area contributed by atoms with E-state index < -0.39 is 0 Å². The Morgan fingerprint density at radius 3 is 2.87 bits per heavy atom. The van der Waals surface area contributed by atoms with Crippen LogP contribution in [0.4, 0.5) is 0 Å². The second kappa shape index (κ2) is 3.97. The molecule has 84 valence electrons. The Morgan fingerprint density at radius 2 is 2.33 bits per heavy atom. The zero-order valence-corrected chi connectivity index (χ0v) is 9.95. The third kappa shape index (κ3) is 2.59. The third-order valence-electron chi connectivity index (χ3n) is 3.59. The van der Waals surface area contributed by atoms with Gasteiger partial charge in [0, 0.05) is 31.9 Å². The van der Waals surface area contributed by atoms with Crippen molar-refractivity contribution in [2.75, 3.05) is 13.1 Å². The summed E-state index contributed by atoms with van der Waals surface area (Å²) in [4.78, 5) is 0. The SMILES string of the molecule is Cn1nccc1CCNCC1CC1(C)C. The number of hydrogen-bond donors (Lipinski definition) is 1. The maximum atomic E-state index is 4.15. The second-order valence-electron chi connectivity index (χ2n) is 5.29. The van der Waals surface area contributed by atoms with Gasteiger partial charge in [-0.05, 0) is 30.4 Å². The molecule has 2 rings (SSSR count). The van der Waals surface area contributed by atoms with E-state index in [1.54, 1.807) is 0 Å². The molecule has 1 atom stereocenters. The van der Waals surface area contributed by atoms with Gasteiger partial charge in [-0.25, -0.2) is 0 Å². The van der Waals surface area contributed by atoms with Crippen LogP contribution >= 0.6 is 0 Å². The zero-order chi connectivity index (χ0) is 10.9. The Morgan fingerprint density at radius 1 is 1.60 bits per heavy atom. The lowest BCUT2D eigenvalue weighted by Gasteiger charge is -2.06. The van der Waals surface area contributed by atoms with Crippen LogP contribution in [-0.4, -0.2) is 22.9 Å². The molecule has 1 unspecified atom stereocenters. The molecular formula is C12H21N3. The van der Waals surface area contributed by atoms with Gasteiger partial charge in [-0.3, -0.25) is 4.68 Å². The van der Waals surface area contributed by atoms with Gasteiger partial charge in [0.15, 0.2) is 0 Å². The maximum Gasteiger partial charge on any atom is 0.0492 e. The average Bonchev–Trinajstić information content (AvgIpc) is 2.56. The summed E-state index contributed by atoms with van der Waals surface area (Å²) in [7, 11) is 2.00. The van der Waals surface area contributed by atoms with Crippen LogP contribution in [0.25, 0.3) is 0 Å². The van der Waals surface area contributed by atoms with E-state index in [4.69, 9.17) is 0 Å². The van der Waals surface area contributed by atoms with E-state index in [1.807, 2.05) is 17.9 Å². The van der Waals surface area contributed by atoms with Crippen LogP contribution in [0.5, 0.6) is 0 Å². The van der Waals surface area contributed by atoms with Crippen molar-refractivity contribution < 1.29 is 0 Å². The molecule has 1 aliphatic carbocycles. The molecule has 0 spiro atoms. The summed E-state index contributed by atoms with van der Waals surface area (Å²) in [6, 6.07) is 2.09. The van der Waals surface area contributed by atoms with Gasteiger partial charge in [0.25, 0.3) is 0 Å². The van der Waals surface area contributed by atoms with E-state index in [0.29, 0.717) is 5.41 Å². The van der Waals surface area contributed by atoms with Crippen LogP contribution in [0.2, 0.25) is 0 Å². The van der Waals surface area contributed by atoms with Crippen molar-refractivity contribution in [3.05, 3.63) is 18.0 Å². The fourth-order valence-corrected chi connectivity index (χ4v) is 2.06. The first-order valence-electron chi connectivity index (χ1n) is 5.77. The van der Waals surface area contributed by atoms with Gasteiger partial charge in [-0.1, -0.05) is 13.8 Å². The number of nitrogens with one attached hydrogen (secondary N) is 1. The molecule has 0 radical (unpaired) electrons. The summed E-state index contributed by atoms with van der Waals surface area (Å²) in [5.41, 5.74) is 1.90. The Balaban J connectivity index is 1.62. The van der Waals surface area contributed by atoms with Crippen molar-refractivity contribution in [1.82, 2.24) is 15.1 Å². The average molecular weight is 207 g/mol. The molecule has 3 nitrogen and oxygen atoms in total. The summed E-state index contributed by atoms with van der Waals surface area (Å²) in [5, 5.41) is 7.68. The van der Waals surface area contributed by atoms with E-state index in [0.717, 1.165) is 18.9 Å². The monoisotopic (exact) mass is 207 g/mol. The first kappa shape index (κ1) is 10.7. The molecule has 3 heteroatoms. The molecule has 0 amide bonds. The largest absolute Gasteiger partial charge is 0.316 e. The molecule has 0 saturated heterocycles. The minimum Gasteiger partial charge on any atom is -0.316 e. The number of nitrogens with zero attached hydrogens (tertiary/aromatic N) is 2. The highest BCUT2D eigenvalue weighted by atomic mass is 15.3. The normalized spacial score (nSPS) is 23.0. The van der Waals surface area contributed by atoms with Crippen LogP contribution in [0.3, 0.4) is 0 Å². The molecule has 0 aromatic carbocycles. The van der Waals surface area contributed by atoms with E-state index >= 15 is 0 Å². The van der Waals surface area contributed by atoms with Gasteiger partial charge < -0.3 is 5.32 Å². The lowest BCUT2D eigenvalue weighted by atomic mass is 10.1. The molecule has 1 fully saturated rings. The smallest absolute Gasteiger partial charge is 0.0492 e. The van der Waals surface area contributed by atoms with Crippen molar-refractivity contribution in [3.8, 4) is 0 Å². The van der Waals surface area contributed by atoms with E-state index in [-0.39, 0.29) is 0 Å². The Bertz CT molecular complexity index is 327. The van der Waals surface area contributed by atoms with Crippen LogP contribution in [0, 0.1) is 11.3 Å². The highest BCUT2D eigenvalue weighted by molar-refractivity contribution is 5.01. The summed E-state index contributed by atoms with van der Waals surface area (Å²) in [6.45, 7) is 6.93. The van der Waals surface area contributed by atoms with Gasteiger partial charge in [-0.15, -0.1) is 0 Å². The topological polar surface area (TPSA) is 29.9 Å². The molecule has 1 N–H and O–H groups in total. The summed E-state index contributed by atoms with van der Waals surface area (Å²) < 4.78 is 1.95. The van der Waals surface area contributed by atoms with Crippen LogP contribution < -0.4 is 5.32 Å². The third-order valence-corrected chi connectivity index (χ3v) is 3.59. The second-order valence-corrected chi connectivity index (χ2v) is 5.29. The van der Waals surface area contributed by atoms with E-state index in [9.17, 15) is 0 Å². The van der Waals surface area contributed by atoms with Crippen LogP contribution in [0.1, 0.15) is 26.0 Å². The number of aryl methyl sites for hydroxylation is 1. The van der Waals surface area contributed by atoms with Gasteiger partial charge >= 0.3 is 0 Å². The van der Waals surface area contributed by atoms with Gasteiger partial charge in [0.05, 0.1) is 0 Å². The molecule has 1 saturated carbocycles. The van der Waals surface area contributed by atoms with E-state index in [1.165, 1.54) is 18.7 Å². The highest BCUT2D eigenvalue weighted by Crippen LogP contribution is 2.50. The van der Waals surface area contributed by atoms with Gasteiger partial charge in [0.1, 0.15) is 0 Å². The minimum atomic E-state index is 0.597. The predicted molar refractivity (Wildman–Crippen MR) is 61.7 cm³/mol. The number of hydrogen-bond acceptors (Lipinski definition) is 2. The molecule has 15 heavy (non-hydrogen) atoms. The summed E-state index contributed by atoms with van der Waals surface area (Å²) >= 11 is 0. The van der Waals surface area contributed by atoms with Crippen molar-refractivity contribution in [3.63, 3.8) is 0 Å². The molecule has 0 aliphatic heterocycles. The Hall–Kier alpha value is -0.830. The van der Waals surface area contributed by atoms with Crippen molar-refractivity contribution in [2.45, 2.75) is 26.7 Å². The molecule has 0 bridgehead atoms.